The molecule has 10 heavy (non-hydrogen) atoms. The molecule has 56 valence electrons. The minimum atomic E-state index is -0.214. The molecule has 0 radical (unpaired) electrons. The smallest absolute Gasteiger partial charge is 0.332 e. The number of rotatable bonds is 2. The van der Waals surface area contributed by atoms with Crippen LogP contribution >= 0.6 is 0 Å². The quantitative estimate of drug-likeness (QED) is 0.553. The van der Waals surface area contributed by atoms with E-state index in [4.69, 9.17) is 4.84 Å². The van der Waals surface area contributed by atoms with Gasteiger partial charge in [-0.1, -0.05) is 6.92 Å². The molecule has 0 saturated heterocycles. The van der Waals surface area contributed by atoms with Crippen molar-refractivity contribution in [3.63, 3.8) is 0 Å². The van der Waals surface area contributed by atoms with Crippen LogP contribution in [0, 0.1) is 0 Å². The van der Waals surface area contributed by atoms with Gasteiger partial charge in [-0.25, -0.2) is 4.79 Å². The van der Waals surface area contributed by atoms with Crippen molar-refractivity contribution in [3.05, 3.63) is 0 Å². The van der Waals surface area contributed by atoms with Crippen LogP contribution in [0.4, 0.5) is 0 Å². The van der Waals surface area contributed by atoms with Crippen LogP contribution in [-0.4, -0.2) is 30.5 Å². The molecule has 0 aromatic heterocycles. The fourth-order valence-corrected chi connectivity index (χ4v) is 0.627. The van der Waals surface area contributed by atoms with E-state index in [-0.39, 0.29) is 5.97 Å². The first kappa shape index (κ1) is 7.05. The summed E-state index contributed by atoms with van der Waals surface area (Å²) in [5, 5.41) is 1.45. The van der Waals surface area contributed by atoms with Crippen LogP contribution < -0.4 is 0 Å². The Balaban J connectivity index is 2.24. The van der Waals surface area contributed by atoms with E-state index in [0.717, 1.165) is 6.54 Å². The van der Waals surface area contributed by atoms with E-state index in [1.54, 1.807) is 6.92 Å². The van der Waals surface area contributed by atoms with Gasteiger partial charge in [0.15, 0.2) is 0 Å². The van der Waals surface area contributed by atoms with Gasteiger partial charge in [0, 0.05) is 6.42 Å². The van der Waals surface area contributed by atoms with E-state index >= 15 is 0 Å². The first-order chi connectivity index (χ1) is 4.83. The Morgan fingerprint density at radius 1 is 1.90 bits per heavy atom. The summed E-state index contributed by atoms with van der Waals surface area (Å²) in [4.78, 5) is 19.3. The lowest BCUT2D eigenvalue weighted by molar-refractivity contribution is -0.169. The molecule has 0 spiro atoms. The van der Waals surface area contributed by atoms with E-state index < -0.39 is 0 Å². The number of carbonyl (C=O) groups excluding carboxylic acids is 1. The van der Waals surface area contributed by atoms with Crippen LogP contribution in [0.1, 0.15) is 13.3 Å². The van der Waals surface area contributed by atoms with E-state index in [0.29, 0.717) is 13.0 Å². The third kappa shape index (κ3) is 1.72. The van der Waals surface area contributed by atoms with E-state index in [9.17, 15) is 4.79 Å². The van der Waals surface area contributed by atoms with Gasteiger partial charge in [0.2, 0.25) is 0 Å². The average Bonchev–Trinajstić information content (AvgIpc) is 2.40. The van der Waals surface area contributed by atoms with Gasteiger partial charge in [0.1, 0.15) is 6.34 Å². The van der Waals surface area contributed by atoms with Crippen LogP contribution in [0.15, 0.2) is 4.99 Å². The Morgan fingerprint density at radius 3 is 3.20 bits per heavy atom. The predicted octanol–water partition coefficient (Wildman–Crippen LogP) is 0.198. The van der Waals surface area contributed by atoms with E-state index in [2.05, 4.69) is 4.99 Å². The molecule has 1 heterocycles. The maximum atomic E-state index is 10.6. The van der Waals surface area contributed by atoms with Gasteiger partial charge in [-0.05, 0) is 0 Å². The van der Waals surface area contributed by atoms with Crippen LogP contribution in [0.25, 0.3) is 0 Å². The topological polar surface area (TPSA) is 41.9 Å². The van der Waals surface area contributed by atoms with Crippen molar-refractivity contribution in [1.82, 2.24) is 5.06 Å². The molecule has 1 aliphatic heterocycles. The van der Waals surface area contributed by atoms with Gasteiger partial charge >= 0.3 is 5.97 Å². The van der Waals surface area contributed by atoms with Crippen molar-refractivity contribution in [2.75, 3.05) is 13.1 Å². The zero-order valence-corrected chi connectivity index (χ0v) is 5.91. The number of hydrogen-bond donors (Lipinski definition) is 0. The van der Waals surface area contributed by atoms with Gasteiger partial charge in [0.05, 0.1) is 13.1 Å². The highest BCUT2D eigenvalue weighted by molar-refractivity contribution is 5.70. The lowest BCUT2D eigenvalue weighted by Gasteiger charge is -2.11. The predicted molar refractivity (Wildman–Crippen MR) is 36.4 cm³/mol. The van der Waals surface area contributed by atoms with Gasteiger partial charge < -0.3 is 4.84 Å². The molecule has 0 amide bonds. The second-order valence-electron chi connectivity index (χ2n) is 1.98. The van der Waals surface area contributed by atoms with Crippen LogP contribution in [0.5, 0.6) is 0 Å². The third-order valence-corrected chi connectivity index (χ3v) is 1.17. The molecule has 0 aromatic rings. The Hall–Kier alpha value is -1.06. The normalized spacial score (nSPS) is 15.9. The standard InChI is InChI=1S/C6H10N2O2/c1-2-6(9)10-8-4-3-7-5-8/h5H,2-4H2,1H3. The van der Waals surface area contributed by atoms with Crippen molar-refractivity contribution in [2.24, 2.45) is 4.99 Å². The molecule has 0 aliphatic carbocycles. The zero-order valence-electron chi connectivity index (χ0n) is 5.91. The molecule has 0 saturated carbocycles. The van der Waals surface area contributed by atoms with Crippen LogP contribution in [-0.2, 0) is 9.63 Å². The minimum Gasteiger partial charge on any atom is -0.340 e. The van der Waals surface area contributed by atoms with Crippen LogP contribution in [0.2, 0.25) is 0 Å². The first-order valence-corrected chi connectivity index (χ1v) is 3.30. The fraction of sp³-hybridized carbons (Fsp3) is 0.667. The molecule has 4 heteroatoms. The Bertz CT molecular complexity index is 156. The molecular weight excluding hydrogens is 132 g/mol. The first-order valence-electron chi connectivity index (χ1n) is 3.30. The number of hydrogen-bond acceptors (Lipinski definition) is 4. The molecule has 0 bridgehead atoms. The molecule has 4 nitrogen and oxygen atoms in total. The van der Waals surface area contributed by atoms with Crippen molar-refractivity contribution >= 4 is 12.3 Å². The summed E-state index contributed by atoms with van der Waals surface area (Å²) < 4.78 is 0. The van der Waals surface area contributed by atoms with Crippen molar-refractivity contribution < 1.29 is 9.63 Å². The summed E-state index contributed by atoms with van der Waals surface area (Å²) in [7, 11) is 0. The second-order valence-corrected chi connectivity index (χ2v) is 1.98. The number of aliphatic imine (C=N–C) groups is 1. The van der Waals surface area contributed by atoms with Gasteiger partial charge in [-0.2, -0.15) is 5.06 Å². The number of hydroxylamine groups is 2. The van der Waals surface area contributed by atoms with Crippen molar-refractivity contribution in [1.29, 1.82) is 0 Å². The lowest BCUT2D eigenvalue weighted by Crippen LogP contribution is -2.23. The molecule has 0 unspecified atom stereocenters. The Morgan fingerprint density at radius 2 is 2.70 bits per heavy atom. The minimum absolute atomic E-state index is 0.214. The second kappa shape index (κ2) is 3.20. The summed E-state index contributed by atoms with van der Waals surface area (Å²) >= 11 is 0. The summed E-state index contributed by atoms with van der Waals surface area (Å²) in [6.07, 6.45) is 1.94. The fourth-order valence-electron chi connectivity index (χ4n) is 0.627. The molecule has 0 N–H and O–H groups in total. The van der Waals surface area contributed by atoms with Gasteiger partial charge in [0.25, 0.3) is 0 Å². The highest BCUT2D eigenvalue weighted by atomic mass is 16.7. The monoisotopic (exact) mass is 142 g/mol. The molecule has 0 fully saturated rings. The van der Waals surface area contributed by atoms with Crippen LogP contribution in [0.3, 0.4) is 0 Å². The zero-order chi connectivity index (χ0) is 7.40. The molecule has 1 aliphatic rings. The molecule has 0 aromatic carbocycles. The third-order valence-electron chi connectivity index (χ3n) is 1.17. The summed E-state index contributed by atoms with van der Waals surface area (Å²) in [5.41, 5.74) is 0. The van der Waals surface area contributed by atoms with E-state index in [1.807, 2.05) is 0 Å². The molecule has 0 atom stereocenters. The highest BCUT2D eigenvalue weighted by Crippen LogP contribution is 1.95. The number of nitrogens with zero attached hydrogens (tertiary/aromatic N) is 2. The summed E-state index contributed by atoms with van der Waals surface area (Å²) in [6, 6.07) is 0. The Labute approximate surface area is 59.4 Å². The largest absolute Gasteiger partial charge is 0.340 e. The molecular formula is C6H10N2O2. The number of carbonyl (C=O) groups is 1. The van der Waals surface area contributed by atoms with Gasteiger partial charge in [-0.15, -0.1) is 0 Å². The maximum absolute atomic E-state index is 10.6. The summed E-state index contributed by atoms with van der Waals surface area (Å²) in [5.74, 6) is -0.214. The maximum Gasteiger partial charge on any atom is 0.332 e. The lowest BCUT2D eigenvalue weighted by atomic mass is 10.5. The Kier molecular flexibility index (Phi) is 2.25. The van der Waals surface area contributed by atoms with Gasteiger partial charge in [-0.3, -0.25) is 4.99 Å². The SMILES string of the molecule is CCC(=O)ON1C=NCC1. The summed E-state index contributed by atoms with van der Waals surface area (Å²) in [6.45, 7) is 3.16. The highest BCUT2D eigenvalue weighted by Gasteiger charge is 2.09. The van der Waals surface area contributed by atoms with Crippen molar-refractivity contribution in [3.8, 4) is 0 Å². The van der Waals surface area contributed by atoms with E-state index in [1.165, 1.54) is 11.4 Å². The van der Waals surface area contributed by atoms with Crippen molar-refractivity contribution in [2.45, 2.75) is 13.3 Å². The molecule has 1 rings (SSSR count). The average molecular weight is 142 g/mol.